The Bertz CT molecular complexity index is 545. The maximum absolute atomic E-state index is 6.19. The van der Waals surface area contributed by atoms with E-state index in [0.717, 1.165) is 12.1 Å². The molecule has 1 aromatic heterocycles. The van der Waals surface area contributed by atoms with E-state index in [0.29, 0.717) is 12.1 Å². The van der Waals surface area contributed by atoms with Crippen molar-refractivity contribution in [1.29, 1.82) is 0 Å². The molecule has 20 heavy (non-hydrogen) atoms. The van der Waals surface area contributed by atoms with Gasteiger partial charge in [0.25, 0.3) is 0 Å². The maximum atomic E-state index is 6.19. The SMILES string of the molecule is CC(N)C1CCCCN1C(C)c1nc2ccccc2s1. The lowest BCUT2D eigenvalue weighted by Gasteiger charge is -2.41. The first kappa shape index (κ1) is 14.0. The van der Waals surface area contributed by atoms with Crippen molar-refractivity contribution < 1.29 is 0 Å². The molecule has 2 aromatic rings. The van der Waals surface area contributed by atoms with E-state index < -0.39 is 0 Å². The molecule has 3 unspecified atom stereocenters. The second-order valence-corrected chi connectivity index (χ2v) is 6.92. The Labute approximate surface area is 124 Å². The zero-order valence-electron chi connectivity index (χ0n) is 12.2. The van der Waals surface area contributed by atoms with Crippen molar-refractivity contribution in [1.82, 2.24) is 9.88 Å². The highest BCUT2D eigenvalue weighted by Crippen LogP contribution is 2.33. The lowest BCUT2D eigenvalue weighted by Crippen LogP contribution is -2.49. The summed E-state index contributed by atoms with van der Waals surface area (Å²) in [5.41, 5.74) is 7.31. The van der Waals surface area contributed by atoms with Gasteiger partial charge in [-0.25, -0.2) is 4.98 Å². The summed E-state index contributed by atoms with van der Waals surface area (Å²) in [6.07, 6.45) is 3.79. The van der Waals surface area contributed by atoms with Gasteiger partial charge in [-0.2, -0.15) is 0 Å². The average Bonchev–Trinajstić information content (AvgIpc) is 2.90. The topological polar surface area (TPSA) is 42.1 Å². The maximum Gasteiger partial charge on any atom is 0.111 e. The third kappa shape index (κ3) is 2.60. The first-order valence-corrected chi connectivity index (χ1v) is 8.35. The Kier molecular flexibility index (Phi) is 4.06. The molecule has 0 amide bonds. The quantitative estimate of drug-likeness (QED) is 0.939. The Hall–Kier alpha value is -0.970. The number of nitrogens with two attached hydrogens (primary N) is 1. The van der Waals surface area contributed by atoms with Crippen molar-refractivity contribution >= 4 is 21.6 Å². The summed E-state index contributed by atoms with van der Waals surface area (Å²) in [5, 5.41) is 1.22. The van der Waals surface area contributed by atoms with Crippen molar-refractivity contribution in [2.75, 3.05) is 6.54 Å². The molecular weight excluding hydrogens is 266 g/mol. The van der Waals surface area contributed by atoms with E-state index in [1.54, 1.807) is 0 Å². The number of benzene rings is 1. The summed E-state index contributed by atoms with van der Waals surface area (Å²) in [6, 6.07) is 9.48. The number of aromatic nitrogens is 1. The van der Waals surface area contributed by atoms with Crippen LogP contribution in [0.5, 0.6) is 0 Å². The predicted octanol–water partition coefficient (Wildman–Crippen LogP) is 3.56. The van der Waals surface area contributed by atoms with E-state index in [9.17, 15) is 0 Å². The van der Waals surface area contributed by atoms with E-state index in [4.69, 9.17) is 10.7 Å². The third-order valence-corrected chi connectivity index (χ3v) is 5.57. The van der Waals surface area contributed by atoms with Crippen LogP contribution in [-0.4, -0.2) is 28.5 Å². The molecule has 0 spiro atoms. The van der Waals surface area contributed by atoms with Crippen LogP contribution < -0.4 is 5.73 Å². The summed E-state index contributed by atoms with van der Waals surface area (Å²) in [7, 11) is 0. The Morgan fingerprint density at radius 1 is 1.30 bits per heavy atom. The van der Waals surface area contributed by atoms with Crippen LogP contribution in [-0.2, 0) is 0 Å². The van der Waals surface area contributed by atoms with E-state index in [-0.39, 0.29) is 6.04 Å². The van der Waals surface area contributed by atoms with Crippen molar-refractivity contribution in [2.45, 2.75) is 51.2 Å². The molecule has 2 N–H and O–H groups in total. The minimum Gasteiger partial charge on any atom is -0.327 e. The fourth-order valence-corrected chi connectivity index (χ4v) is 4.28. The van der Waals surface area contributed by atoms with Gasteiger partial charge in [0.15, 0.2) is 0 Å². The Morgan fingerprint density at radius 3 is 2.85 bits per heavy atom. The second kappa shape index (κ2) is 5.80. The molecule has 1 aliphatic heterocycles. The summed E-state index contributed by atoms with van der Waals surface area (Å²) < 4.78 is 1.28. The summed E-state index contributed by atoms with van der Waals surface area (Å²) >= 11 is 1.82. The van der Waals surface area contributed by atoms with Gasteiger partial charge in [0, 0.05) is 12.1 Å². The van der Waals surface area contributed by atoms with Gasteiger partial charge in [0.2, 0.25) is 0 Å². The van der Waals surface area contributed by atoms with Crippen LogP contribution in [0.25, 0.3) is 10.2 Å². The molecule has 1 aliphatic rings. The van der Waals surface area contributed by atoms with Crippen LogP contribution in [0, 0.1) is 0 Å². The lowest BCUT2D eigenvalue weighted by molar-refractivity contribution is 0.0890. The van der Waals surface area contributed by atoms with Gasteiger partial charge < -0.3 is 5.73 Å². The van der Waals surface area contributed by atoms with E-state index >= 15 is 0 Å². The fraction of sp³-hybridized carbons (Fsp3) is 0.562. The molecule has 0 bridgehead atoms. The van der Waals surface area contributed by atoms with Gasteiger partial charge >= 0.3 is 0 Å². The zero-order valence-corrected chi connectivity index (χ0v) is 13.1. The minimum atomic E-state index is 0.229. The standard InChI is InChI=1S/C16H23N3S/c1-11(17)14-8-5-6-10-19(14)12(2)16-18-13-7-3-4-9-15(13)20-16/h3-4,7,9,11-12,14H,5-6,8,10,17H2,1-2H3. The number of nitrogens with zero attached hydrogens (tertiary/aromatic N) is 2. The molecule has 1 saturated heterocycles. The summed E-state index contributed by atoms with van der Waals surface area (Å²) in [6.45, 7) is 5.55. The molecule has 3 rings (SSSR count). The molecule has 2 heterocycles. The van der Waals surface area contributed by atoms with Crippen LogP contribution in [0.3, 0.4) is 0 Å². The van der Waals surface area contributed by atoms with Gasteiger partial charge in [0.05, 0.1) is 16.3 Å². The van der Waals surface area contributed by atoms with E-state index in [1.165, 1.54) is 29.0 Å². The molecule has 1 aromatic carbocycles. The van der Waals surface area contributed by atoms with Crippen LogP contribution in [0.15, 0.2) is 24.3 Å². The minimum absolute atomic E-state index is 0.229. The number of hydrogen-bond donors (Lipinski definition) is 1. The van der Waals surface area contributed by atoms with Gasteiger partial charge in [-0.05, 0) is 45.4 Å². The molecule has 0 radical (unpaired) electrons. The van der Waals surface area contributed by atoms with Crippen LogP contribution >= 0.6 is 11.3 Å². The predicted molar refractivity (Wildman–Crippen MR) is 86.0 cm³/mol. The monoisotopic (exact) mass is 289 g/mol. The van der Waals surface area contributed by atoms with Gasteiger partial charge in [-0.1, -0.05) is 18.6 Å². The average molecular weight is 289 g/mol. The highest BCUT2D eigenvalue weighted by atomic mass is 32.1. The largest absolute Gasteiger partial charge is 0.327 e. The Morgan fingerprint density at radius 2 is 2.10 bits per heavy atom. The van der Waals surface area contributed by atoms with Crippen molar-refractivity contribution in [2.24, 2.45) is 5.73 Å². The van der Waals surface area contributed by atoms with Crippen LogP contribution in [0.1, 0.15) is 44.2 Å². The fourth-order valence-electron chi connectivity index (χ4n) is 3.24. The summed E-state index contributed by atoms with van der Waals surface area (Å²) in [5.74, 6) is 0. The zero-order chi connectivity index (χ0) is 14.1. The lowest BCUT2D eigenvalue weighted by atomic mass is 9.95. The van der Waals surface area contributed by atoms with E-state index in [1.807, 2.05) is 11.3 Å². The highest BCUT2D eigenvalue weighted by molar-refractivity contribution is 7.18. The van der Waals surface area contributed by atoms with Crippen molar-refractivity contribution in [3.63, 3.8) is 0 Å². The molecule has 1 fully saturated rings. The first-order chi connectivity index (χ1) is 9.66. The van der Waals surface area contributed by atoms with Gasteiger partial charge in [-0.15, -0.1) is 11.3 Å². The van der Waals surface area contributed by atoms with Crippen molar-refractivity contribution in [3.8, 4) is 0 Å². The molecular formula is C16H23N3S. The second-order valence-electron chi connectivity index (χ2n) is 5.86. The molecule has 0 aliphatic carbocycles. The summed E-state index contributed by atoms with van der Waals surface area (Å²) in [4.78, 5) is 7.38. The molecule has 4 heteroatoms. The third-order valence-electron chi connectivity index (χ3n) is 4.36. The smallest absolute Gasteiger partial charge is 0.111 e. The van der Waals surface area contributed by atoms with Crippen LogP contribution in [0.2, 0.25) is 0 Å². The molecule has 108 valence electrons. The van der Waals surface area contributed by atoms with Gasteiger partial charge in [0.1, 0.15) is 5.01 Å². The first-order valence-electron chi connectivity index (χ1n) is 7.53. The number of piperidine rings is 1. The number of likely N-dealkylation sites (tertiary alicyclic amines) is 1. The highest BCUT2D eigenvalue weighted by Gasteiger charge is 2.30. The number of rotatable bonds is 3. The number of fused-ring (bicyclic) bond motifs is 1. The Balaban J connectivity index is 1.88. The molecule has 3 atom stereocenters. The normalized spacial score (nSPS) is 23.9. The number of para-hydroxylation sites is 1. The van der Waals surface area contributed by atoms with E-state index in [2.05, 4.69) is 43.0 Å². The molecule has 3 nitrogen and oxygen atoms in total. The van der Waals surface area contributed by atoms with Crippen molar-refractivity contribution in [3.05, 3.63) is 29.3 Å². The number of hydrogen-bond acceptors (Lipinski definition) is 4. The van der Waals surface area contributed by atoms with Gasteiger partial charge in [-0.3, -0.25) is 4.90 Å². The number of thiazole rings is 1. The van der Waals surface area contributed by atoms with Crippen LogP contribution in [0.4, 0.5) is 0 Å². The molecule has 0 saturated carbocycles.